The van der Waals surface area contributed by atoms with Gasteiger partial charge in [0.05, 0.1) is 24.9 Å². The molecule has 2 aliphatic rings. The number of aliphatic hydroxyl groups excluding tert-OH is 1. The van der Waals surface area contributed by atoms with Crippen molar-refractivity contribution in [1.29, 1.82) is 0 Å². The van der Waals surface area contributed by atoms with Crippen molar-refractivity contribution in [2.75, 3.05) is 19.8 Å². The molecule has 2 fully saturated rings. The van der Waals surface area contributed by atoms with Gasteiger partial charge in [0, 0.05) is 35.9 Å². The summed E-state index contributed by atoms with van der Waals surface area (Å²) in [6, 6.07) is 5.77. The minimum atomic E-state index is -0.555. The summed E-state index contributed by atoms with van der Waals surface area (Å²) in [6.07, 6.45) is 2.22. The van der Waals surface area contributed by atoms with Crippen molar-refractivity contribution in [3.05, 3.63) is 28.2 Å². The summed E-state index contributed by atoms with van der Waals surface area (Å²) >= 11 is 3.44. The van der Waals surface area contributed by atoms with Gasteiger partial charge < -0.3 is 19.3 Å². The van der Waals surface area contributed by atoms with Crippen LogP contribution in [-0.2, 0) is 9.47 Å². The van der Waals surface area contributed by atoms with E-state index in [1.54, 1.807) is 6.92 Å². The first-order valence-corrected chi connectivity index (χ1v) is 8.23. The third-order valence-corrected chi connectivity index (χ3v) is 4.72. The number of rotatable bonds is 3. The summed E-state index contributed by atoms with van der Waals surface area (Å²) in [5.74, 6) is 0.758. The number of benzene rings is 1. The SMILES string of the molecule is C[C@H](O)c1cc(Br)ccc1OC1CCOC2(CCOC2)C1. The normalized spacial score (nSPS) is 30.5. The molecule has 3 rings (SSSR count). The summed E-state index contributed by atoms with van der Waals surface area (Å²) in [6.45, 7) is 3.89. The van der Waals surface area contributed by atoms with Crippen LogP contribution < -0.4 is 4.74 Å². The zero-order chi connectivity index (χ0) is 14.9. The van der Waals surface area contributed by atoms with Gasteiger partial charge in [-0.2, -0.15) is 0 Å². The molecule has 2 saturated heterocycles. The van der Waals surface area contributed by atoms with Crippen molar-refractivity contribution in [2.45, 2.75) is 44.0 Å². The van der Waals surface area contributed by atoms with Gasteiger partial charge >= 0.3 is 0 Å². The number of aliphatic hydroxyl groups is 1. The van der Waals surface area contributed by atoms with Crippen LogP contribution in [0.2, 0.25) is 0 Å². The first-order chi connectivity index (χ1) is 10.1. The molecule has 2 heterocycles. The van der Waals surface area contributed by atoms with Crippen molar-refractivity contribution in [1.82, 2.24) is 0 Å². The molecule has 4 nitrogen and oxygen atoms in total. The Morgan fingerprint density at radius 1 is 1.43 bits per heavy atom. The van der Waals surface area contributed by atoms with Crippen LogP contribution >= 0.6 is 15.9 Å². The standard InChI is InChI=1S/C16H21BrO4/c1-11(18)14-8-12(17)2-3-15(14)21-13-4-6-20-16(9-13)5-7-19-10-16/h2-3,8,11,13,18H,4-7,9-10H2,1H3/t11-,13?,16?/m0/s1. The molecule has 3 atom stereocenters. The fourth-order valence-corrected chi connectivity index (χ4v) is 3.46. The highest BCUT2D eigenvalue weighted by molar-refractivity contribution is 9.10. The van der Waals surface area contributed by atoms with Gasteiger partial charge in [-0.1, -0.05) is 15.9 Å². The monoisotopic (exact) mass is 356 g/mol. The summed E-state index contributed by atoms with van der Waals surface area (Å²) in [4.78, 5) is 0. The average Bonchev–Trinajstić information content (AvgIpc) is 2.88. The first-order valence-electron chi connectivity index (χ1n) is 7.44. The van der Waals surface area contributed by atoms with Gasteiger partial charge in [0.15, 0.2) is 0 Å². The van der Waals surface area contributed by atoms with E-state index in [1.165, 1.54) is 0 Å². The van der Waals surface area contributed by atoms with E-state index >= 15 is 0 Å². The van der Waals surface area contributed by atoms with Crippen LogP contribution in [0.3, 0.4) is 0 Å². The zero-order valence-electron chi connectivity index (χ0n) is 12.2. The first kappa shape index (κ1) is 15.3. The second kappa shape index (κ2) is 6.24. The third kappa shape index (κ3) is 3.42. The molecule has 0 aliphatic carbocycles. The van der Waals surface area contributed by atoms with Crippen molar-refractivity contribution in [3.63, 3.8) is 0 Å². The molecule has 1 spiro atoms. The quantitative estimate of drug-likeness (QED) is 0.903. The predicted octanol–water partition coefficient (Wildman–Crippen LogP) is 3.22. The minimum absolute atomic E-state index is 0.110. The van der Waals surface area contributed by atoms with Gasteiger partial charge in [-0.25, -0.2) is 0 Å². The van der Waals surface area contributed by atoms with Crippen LogP contribution in [-0.4, -0.2) is 36.6 Å². The van der Waals surface area contributed by atoms with Crippen LogP contribution in [0.5, 0.6) is 5.75 Å². The van der Waals surface area contributed by atoms with E-state index in [2.05, 4.69) is 15.9 Å². The van der Waals surface area contributed by atoms with Gasteiger partial charge in [-0.15, -0.1) is 0 Å². The fourth-order valence-electron chi connectivity index (χ4n) is 3.08. The maximum Gasteiger partial charge on any atom is 0.125 e. The van der Waals surface area contributed by atoms with Crippen molar-refractivity contribution < 1.29 is 19.3 Å². The van der Waals surface area contributed by atoms with Gasteiger partial charge in [-0.3, -0.25) is 0 Å². The molecule has 1 N–H and O–H groups in total. The molecule has 0 saturated carbocycles. The highest BCUT2D eigenvalue weighted by Crippen LogP contribution is 2.36. The number of hydrogen-bond donors (Lipinski definition) is 1. The summed E-state index contributed by atoms with van der Waals surface area (Å²) < 4.78 is 18.5. The molecule has 1 aromatic carbocycles. The van der Waals surface area contributed by atoms with Crippen LogP contribution in [0.25, 0.3) is 0 Å². The smallest absolute Gasteiger partial charge is 0.125 e. The lowest BCUT2D eigenvalue weighted by Gasteiger charge is -2.37. The average molecular weight is 357 g/mol. The Hall–Kier alpha value is -0.620. The van der Waals surface area contributed by atoms with E-state index in [9.17, 15) is 5.11 Å². The van der Waals surface area contributed by atoms with Crippen LogP contribution in [0.4, 0.5) is 0 Å². The predicted molar refractivity (Wildman–Crippen MR) is 82.5 cm³/mol. The lowest BCUT2D eigenvalue weighted by Crippen LogP contribution is -2.44. The molecule has 5 heteroatoms. The lowest BCUT2D eigenvalue weighted by molar-refractivity contribution is -0.112. The molecule has 116 valence electrons. The highest BCUT2D eigenvalue weighted by atomic mass is 79.9. The van der Waals surface area contributed by atoms with E-state index in [0.717, 1.165) is 41.7 Å². The molecule has 21 heavy (non-hydrogen) atoms. The summed E-state index contributed by atoms with van der Waals surface area (Å²) in [5, 5.41) is 9.92. The van der Waals surface area contributed by atoms with Crippen LogP contribution in [0.15, 0.2) is 22.7 Å². The Labute approximate surface area is 133 Å². The largest absolute Gasteiger partial charge is 0.490 e. The van der Waals surface area contributed by atoms with Crippen LogP contribution in [0, 0.1) is 0 Å². The second-order valence-electron chi connectivity index (χ2n) is 5.92. The summed E-state index contributed by atoms with van der Waals surface area (Å²) in [5.41, 5.74) is 0.649. The maximum absolute atomic E-state index is 9.92. The minimum Gasteiger partial charge on any atom is -0.490 e. The molecule has 0 amide bonds. The zero-order valence-corrected chi connectivity index (χ0v) is 13.8. The number of halogens is 1. The van der Waals surface area contributed by atoms with Crippen molar-refractivity contribution in [2.24, 2.45) is 0 Å². The van der Waals surface area contributed by atoms with Gasteiger partial charge in [0.1, 0.15) is 11.9 Å². The second-order valence-corrected chi connectivity index (χ2v) is 6.84. The summed E-state index contributed by atoms with van der Waals surface area (Å²) in [7, 11) is 0. The Balaban J connectivity index is 1.74. The molecular weight excluding hydrogens is 336 g/mol. The molecule has 2 aliphatic heterocycles. The lowest BCUT2D eigenvalue weighted by atomic mass is 9.91. The Morgan fingerprint density at radius 3 is 3.00 bits per heavy atom. The van der Waals surface area contributed by atoms with E-state index in [4.69, 9.17) is 14.2 Å². The molecule has 0 bridgehead atoms. The highest BCUT2D eigenvalue weighted by Gasteiger charge is 2.42. The van der Waals surface area contributed by atoms with Crippen molar-refractivity contribution in [3.8, 4) is 5.75 Å². The molecule has 0 radical (unpaired) electrons. The van der Waals surface area contributed by atoms with Gasteiger partial charge in [0.25, 0.3) is 0 Å². The van der Waals surface area contributed by atoms with E-state index in [1.807, 2.05) is 18.2 Å². The Kier molecular flexibility index (Phi) is 4.54. The van der Waals surface area contributed by atoms with Gasteiger partial charge in [-0.05, 0) is 25.1 Å². The Morgan fingerprint density at radius 2 is 2.29 bits per heavy atom. The third-order valence-electron chi connectivity index (χ3n) is 4.23. The maximum atomic E-state index is 9.92. The van der Waals surface area contributed by atoms with Crippen LogP contribution in [0.1, 0.15) is 37.9 Å². The fraction of sp³-hybridized carbons (Fsp3) is 0.625. The van der Waals surface area contributed by atoms with Gasteiger partial charge in [0.2, 0.25) is 0 Å². The number of ether oxygens (including phenoxy) is 3. The molecular formula is C16H21BrO4. The van der Waals surface area contributed by atoms with E-state index < -0.39 is 6.10 Å². The topological polar surface area (TPSA) is 47.9 Å². The van der Waals surface area contributed by atoms with E-state index in [-0.39, 0.29) is 11.7 Å². The molecule has 1 aromatic rings. The molecule has 0 aromatic heterocycles. The van der Waals surface area contributed by atoms with Crippen molar-refractivity contribution >= 4 is 15.9 Å². The van der Waals surface area contributed by atoms with E-state index in [0.29, 0.717) is 13.2 Å². The molecule has 2 unspecified atom stereocenters. The number of hydrogen-bond acceptors (Lipinski definition) is 4. The Bertz CT molecular complexity index is 497.